The van der Waals surface area contributed by atoms with Crippen LogP contribution in [-0.2, 0) is 10.0 Å². The molecule has 2 aromatic rings. The van der Waals surface area contributed by atoms with E-state index in [1.165, 1.54) is 0 Å². The van der Waals surface area contributed by atoms with Crippen LogP contribution in [0.3, 0.4) is 0 Å². The molecular formula is C16H18N2O2S. The van der Waals surface area contributed by atoms with E-state index in [-0.39, 0.29) is 10.9 Å². The number of para-hydroxylation sites is 1. The van der Waals surface area contributed by atoms with Crippen LogP contribution >= 0.6 is 0 Å². The van der Waals surface area contributed by atoms with Gasteiger partial charge in [-0.05, 0) is 30.5 Å². The van der Waals surface area contributed by atoms with Crippen LogP contribution in [0.5, 0.6) is 0 Å². The van der Waals surface area contributed by atoms with Crippen LogP contribution in [0.15, 0.2) is 59.5 Å². The van der Waals surface area contributed by atoms with Crippen molar-refractivity contribution < 1.29 is 8.42 Å². The highest BCUT2D eigenvalue weighted by molar-refractivity contribution is 7.89. The Morgan fingerprint density at radius 1 is 1.00 bits per heavy atom. The third kappa shape index (κ3) is 2.54. The van der Waals surface area contributed by atoms with E-state index < -0.39 is 10.0 Å². The van der Waals surface area contributed by atoms with Crippen LogP contribution in [-0.4, -0.2) is 19.3 Å². The maximum absolute atomic E-state index is 12.9. The minimum absolute atomic E-state index is 0.101. The lowest BCUT2D eigenvalue weighted by Crippen LogP contribution is -2.31. The fourth-order valence-corrected chi connectivity index (χ4v) is 4.68. The zero-order valence-corrected chi connectivity index (χ0v) is 12.5. The second kappa shape index (κ2) is 5.50. The van der Waals surface area contributed by atoms with Gasteiger partial charge in [0.15, 0.2) is 0 Å². The highest BCUT2D eigenvalue weighted by atomic mass is 32.2. The van der Waals surface area contributed by atoms with Crippen LogP contribution in [0.4, 0.5) is 5.69 Å². The molecule has 0 aliphatic carbocycles. The Hall–Kier alpha value is -1.85. The molecule has 0 bridgehead atoms. The molecule has 1 fully saturated rings. The zero-order valence-electron chi connectivity index (χ0n) is 11.6. The maximum Gasteiger partial charge on any atom is 0.245 e. The lowest BCUT2D eigenvalue weighted by molar-refractivity contribution is 0.397. The van der Waals surface area contributed by atoms with E-state index in [1.54, 1.807) is 28.6 Å². The molecule has 5 heteroatoms. The molecule has 4 nitrogen and oxygen atoms in total. The summed E-state index contributed by atoms with van der Waals surface area (Å²) in [6.07, 6.45) is 1.71. The van der Waals surface area contributed by atoms with Crippen molar-refractivity contribution in [2.45, 2.75) is 23.8 Å². The average Bonchev–Trinajstić information content (AvgIpc) is 2.99. The molecule has 2 N–H and O–H groups in total. The zero-order chi connectivity index (χ0) is 14.9. The molecule has 0 aromatic heterocycles. The highest BCUT2D eigenvalue weighted by Crippen LogP contribution is 2.37. The van der Waals surface area contributed by atoms with E-state index in [0.717, 1.165) is 18.4 Å². The van der Waals surface area contributed by atoms with Gasteiger partial charge in [0.1, 0.15) is 4.90 Å². The Labute approximate surface area is 125 Å². The van der Waals surface area contributed by atoms with Gasteiger partial charge in [0.25, 0.3) is 0 Å². The Kier molecular flexibility index (Phi) is 3.69. The maximum atomic E-state index is 12.9. The van der Waals surface area contributed by atoms with Crippen molar-refractivity contribution in [3.63, 3.8) is 0 Å². The fraction of sp³-hybridized carbons (Fsp3) is 0.250. The SMILES string of the molecule is Nc1ccccc1S(=O)(=O)N1CCCC1c1ccccc1. The molecule has 0 amide bonds. The first kappa shape index (κ1) is 14.1. The van der Waals surface area contributed by atoms with Crippen molar-refractivity contribution in [1.82, 2.24) is 4.31 Å². The molecule has 1 heterocycles. The lowest BCUT2D eigenvalue weighted by atomic mass is 10.1. The highest BCUT2D eigenvalue weighted by Gasteiger charge is 2.36. The van der Waals surface area contributed by atoms with Crippen LogP contribution in [0.1, 0.15) is 24.4 Å². The summed E-state index contributed by atoms with van der Waals surface area (Å²) < 4.78 is 27.3. The summed E-state index contributed by atoms with van der Waals surface area (Å²) in [4.78, 5) is 0.202. The smallest absolute Gasteiger partial charge is 0.245 e. The van der Waals surface area contributed by atoms with Gasteiger partial charge in [0, 0.05) is 6.54 Å². The van der Waals surface area contributed by atoms with Crippen LogP contribution in [0, 0.1) is 0 Å². The van der Waals surface area contributed by atoms with E-state index >= 15 is 0 Å². The van der Waals surface area contributed by atoms with Crippen molar-refractivity contribution in [3.8, 4) is 0 Å². The van der Waals surface area contributed by atoms with Gasteiger partial charge in [-0.1, -0.05) is 42.5 Å². The lowest BCUT2D eigenvalue weighted by Gasteiger charge is -2.25. The average molecular weight is 302 g/mol. The minimum Gasteiger partial charge on any atom is -0.398 e. The quantitative estimate of drug-likeness (QED) is 0.887. The molecule has 1 unspecified atom stereocenters. The molecule has 3 rings (SSSR count). The number of hydrogen-bond acceptors (Lipinski definition) is 3. The molecule has 0 spiro atoms. The summed E-state index contributed by atoms with van der Waals surface area (Å²) in [5, 5.41) is 0. The molecule has 0 radical (unpaired) electrons. The van der Waals surface area contributed by atoms with E-state index in [2.05, 4.69) is 0 Å². The minimum atomic E-state index is -3.56. The molecule has 1 saturated heterocycles. The molecule has 21 heavy (non-hydrogen) atoms. The van der Waals surface area contributed by atoms with Gasteiger partial charge in [-0.25, -0.2) is 8.42 Å². The topological polar surface area (TPSA) is 63.4 Å². The Balaban J connectivity index is 2.01. The fourth-order valence-electron chi connectivity index (χ4n) is 2.88. The number of nitrogens with two attached hydrogens (primary N) is 1. The van der Waals surface area contributed by atoms with Crippen molar-refractivity contribution in [3.05, 3.63) is 60.2 Å². The van der Waals surface area contributed by atoms with E-state index in [0.29, 0.717) is 12.2 Å². The van der Waals surface area contributed by atoms with Gasteiger partial charge < -0.3 is 5.73 Å². The molecule has 1 aliphatic rings. The molecule has 2 aromatic carbocycles. The Bertz CT molecular complexity index is 729. The number of hydrogen-bond donors (Lipinski definition) is 1. The summed E-state index contributed by atoms with van der Waals surface area (Å²) in [6, 6.07) is 16.3. The van der Waals surface area contributed by atoms with E-state index in [4.69, 9.17) is 5.73 Å². The van der Waals surface area contributed by atoms with Gasteiger partial charge in [-0.3, -0.25) is 0 Å². The first-order chi connectivity index (χ1) is 10.1. The third-order valence-corrected chi connectivity index (χ3v) is 5.88. The number of rotatable bonds is 3. The predicted molar refractivity (Wildman–Crippen MR) is 83.2 cm³/mol. The van der Waals surface area contributed by atoms with Gasteiger partial charge in [0.05, 0.1) is 11.7 Å². The standard InChI is InChI=1S/C16H18N2O2S/c17-14-9-4-5-11-16(14)21(19,20)18-12-6-10-15(18)13-7-2-1-3-8-13/h1-5,7-9,11,15H,6,10,12,17H2. The third-order valence-electron chi connectivity index (χ3n) is 3.89. The van der Waals surface area contributed by atoms with Gasteiger partial charge in [-0.15, -0.1) is 0 Å². The van der Waals surface area contributed by atoms with E-state index in [1.807, 2.05) is 30.3 Å². The van der Waals surface area contributed by atoms with Gasteiger partial charge in [-0.2, -0.15) is 4.31 Å². The van der Waals surface area contributed by atoms with Crippen molar-refractivity contribution in [2.24, 2.45) is 0 Å². The number of nitrogens with zero attached hydrogens (tertiary/aromatic N) is 1. The first-order valence-electron chi connectivity index (χ1n) is 7.02. The molecule has 1 aliphatic heterocycles. The van der Waals surface area contributed by atoms with E-state index in [9.17, 15) is 8.42 Å². The van der Waals surface area contributed by atoms with Gasteiger partial charge >= 0.3 is 0 Å². The summed E-state index contributed by atoms with van der Waals surface area (Å²) in [6.45, 7) is 0.538. The second-order valence-electron chi connectivity index (χ2n) is 5.22. The number of nitrogen functional groups attached to an aromatic ring is 1. The van der Waals surface area contributed by atoms with Crippen LogP contribution < -0.4 is 5.73 Å². The van der Waals surface area contributed by atoms with Gasteiger partial charge in [0.2, 0.25) is 10.0 Å². The number of sulfonamides is 1. The number of anilines is 1. The summed E-state index contributed by atoms with van der Waals surface area (Å²) in [5.74, 6) is 0. The number of benzene rings is 2. The van der Waals surface area contributed by atoms with Crippen LogP contribution in [0.2, 0.25) is 0 Å². The first-order valence-corrected chi connectivity index (χ1v) is 8.46. The van der Waals surface area contributed by atoms with Crippen molar-refractivity contribution in [1.29, 1.82) is 0 Å². The second-order valence-corrected chi connectivity index (χ2v) is 7.08. The predicted octanol–water partition coefficient (Wildman–Crippen LogP) is 2.79. The summed E-state index contributed by atoms with van der Waals surface area (Å²) in [5.41, 5.74) is 7.19. The largest absolute Gasteiger partial charge is 0.398 e. The summed E-state index contributed by atoms with van der Waals surface area (Å²) in [7, 11) is -3.56. The van der Waals surface area contributed by atoms with Crippen molar-refractivity contribution in [2.75, 3.05) is 12.3 Å². The summed E-state index contributed by atoms with van der Waals surface area (Å²) >= 11 is 0. The monoisotopic (exact) mass is 302 g/mol. The Morgan fingerprint density at radius 2 is 1.67 bits per heavy atom. The van der Waals surface area contributed by atoms with Crippen molar-refractivity contribution >= 4 is 15.7 Å². The van der Waals surface area contributed by atoms with Crippen LogP contribution in [0.25, 0.3) is 0 Å². The Morgan fingerprint density at radius 3 is 2.38 bits per heavy atom. The normalized spacial score (nSPS) is 19.7. The molecule has 0 saturated carbocycles. The molecular weight excluding hydrogens is 284 g/mol. The molecule has 110 valence electrons. The molecule has 1 atom stereocenters.